The Bertz CT molecular complexity index is 1390. The molecule has 4 aromatic rings. The van der Waals surface area contributed by atoms with Crippen LogP contribution in [0, 0.1) is 17.1 Å². The minimum atomic E-state index is -0.663. The fraction of sp³-hybridized carbons (Fsp3) is 0.130. The molecule has 9 nitrogen and oxygen atoms in total. The molecule has 3 aromatic heterocycles. The van der Waals surface area contributed by atoms with Crippen LogP contribution in [0.2, 0.25) is 0 Å². The van der Waals surface area contributed by atoms with Crippen LogP contribution in [0.3, 0.4) is 0 Å². The summed E-state index contributed by atoms with van der Waals surface area (Å²) < 4.78 is 28.3. The van der Waals surface area contributed by atoms with Gasteiger partial charge in [-0.25, -0.2) is 14.9 Å². The smallest absolute Gasteiger partial charge is 0.239 e. The Kier molecular flexibility index (Phi) is 6.72. The molecule has 11 heteroatoms. The van der Waals surface area contributed by atoms with E-state index in [-0.39, 0.29) is 17.4 Å². The van der Waals surface area contributed by atoms with E-state index in [2.05, 4.69) is 31.0 Å². The Morgan fingerprint density at radius 1 is 1.21 bits per heavy atom. The number of halogens is 2. The lowest BCUT2D eigenvalue weighted by atomic mass is 9.99. The van der Waals surface area contributed by atoms with E-state index in [1.54, 1.807) is 44.4 Å². The molecule has 0 bridgehead atoms. The largest absolute Gasteiger partial charge is 0.482 e. The molecule has 0 saturated heterocycles. The summed E-state index contributed by atoms with van der Waals surface area (Å²) in [6.07, 6.45) is 2.42. The van der Waals surface area contributed by atoms with Crippen molar-refractivity contribution in [1.82, 2.24) is 19.7 Å². The number of aryl methyl sites for hydroxylation is 1. The monoisotopic (exact) mass is 524 g/mol. The lowest BCUT2D eigenvalue weighted by Crippen LogP contribution is -2.08. The maximum atomic E-state index is 14.3. The van der Waals surface area contributed by atoms with Gasteiger partial charge in [-0.1, -0.05) is 0 Å². The number of nitriles is 1. The Morgan fingerprint density at radius 3 is 2.76 bits per heavy atom. The van der Waals surface area contributed by atoms with Gasteiger partial charge >= 0.3 is 0 Å². The molecule has 0 unspecified atom stereocenters. The number of benzene rings is 1. The number of hydrogen-bond acceptors (Lipinski definition) is 8. The summed E-state index contributed by atoms with van der Waals surface area (Å²) in [6.45, 7) is 1.74. The highest BCUT2D eigenvalue weighted by Crippen LogP contribution is 2.38. The fourth-order valence-electron chi connectivity index (χ4n) is 3.32. The summed E-state index contributed by atoms with van der Waals surface area (Å²) in [5.74, 6) is 0.504. The average Bonchev–Trinajstić information content (AvgIpc) is 3.18. The summed E-state index contributed by atoms with van der Waals surface area (Å²) in [4.78, 5) is 8.49. The van der Waals surface area contributed by atoms with Gasteiger partial charge in [-0.3, -0.25) is 14.9 Å². The number of nitrogens with zero attached hydrogens (tertiary/aromatic N) is 5. The molecule has 172 valence electrons. The normalized spacial score (nSPS) is 11.5. The molecule has 2 N–H and O–H groups in total. The van der Waals surface area contributed by atoms with Crippen LogP contribution in [0.4, 0.5) is 10.2 Å². The lowest BCUT2D eigenvalue weighted by Gasteiger charge is -2.20. The quantitative estimate of drug-likeness (QED) is 0.309. The van der Waals surface area contributed by atoms with Crippen LogP contribution < -0.4 is 15.0 Å². The first-order chi connectivity index (χ1) is 16.4. The van der Waals surface area contributed by atoms with Crippen LogP contribution in [0.1, 0.15) is 24.3 Å². The summed E-state index contributed by atoms with van der Waals surface area (Å²) in [5.41, 5.74) is 3.82. The van der Waals surface area contributed by atoms with Crippen molar-refractivity contribution in [2.45, 2.75) is 13.0 Å². The molecule has 0 radical (unpaired) electrons. The van der Waals surface area contributed by atoms with Crippen molar-refractivity contribution in [2.24, 2.45) is 7.05 Å². The zero-order valence-corrected chi connectivity index (χ0v) is 19.6. The van der Waals surface area contributed by atoms with Crippen molar-refractivity contribution < 1.29 is 19.1 Å². The Balaban J connectivity index is 1.73. The molecule has 0 aliphatic carbocycles. The van der Waals surface area contributed by atoms with Crippen LogP contribution in [0.15, 0.2) is 59.3 Å². The highest BCUT2D eigenvalue weighted by atomic mass is 79.9. The number of rotatable bonds is 7. The predicted molar refractivity (Wildman–Crippen MR) is 124 cm³/mol. The zero-order valence-electron chi connectivity index (χ0n) is 18.0. The van der Waals surface area contributed by atoms with E-state index in [9.17, 15) is 14.9 Å². The molecule has 1 aromatic carbocycles. The average molecular weight is 525 g/mol. The lowest BCUT2D eigenvalue weighted by molar-refractivity contribution is 0.225. The van der Waals surface area contributed by atoms with Crippen LogP contribution >= 0.6 is 15.9 Å². The first kappa shape index (κ1) is 23.2. The van der Waals surface area contributed by atoms with Crippen molar-refractivity contribution in [1.29, 1.82) is 5.26 Å². The minimum absolute atomic E-state index is 0.110. The number of pyridine rings is 2. The second-order valence-electron chi connectivity index (χ2n) is 7.16. The third-order valence-corrected chi connectivity index (χ3v) is 5.33. The molecule has 3 heterocycles. The summed E-state index contributed by atoms with van der Waals surface area (Å²) in [5, 5.41) is 22.7. The first-order valence-electron chi connectivity index (χ1n) is 9.98. The molecule has 0 spiro atoms. The molecule has 0 aliphatic rings. The van der Waals surface area contributed by atoms with Crippen molar-refractivity contribution in [2.75, 3.05) is 5.48 Å². The van der Waals surface area contributed by atoms with Gasteiger partial charge in [0.2, 0.25) is 5.88 Å². The predicted octanol–water partition coefficient (Wildman–Crippen LogP) is 5.38. The third kappa shape index (κ3) is 4.83. The SMILES string of the molecule is C[C@@H](Oc1cc(Br)cnc1NO)c1cc(F)ccc1-c1ncccc1Oc1cc(C#N)n(C)n1. The van der Waals surface area contributed by atoms with Crippen molar-refractivity contribution in [3.8, 4) is 34.7 Å². The van der Waals surface area contributed by atoms with E-state index < -0.39 is 11.9 Å². The van der Waals surface area contributed by atoms with E-state index in [4.69, 9.17) is 9.47 Å². The molecule has 0 fully saturated rings. The van der Waals surface area contributed by atoms with E-state index >= 15 is 0 Å². The molecule has 4 rings (SSSR count). The molecule has 1 atom stereocenters. The van der Waals surface area contributed by atoms with E-state index in [1.165, 1.54) is 29.1 Å². The van der Waals surface area contributed by atoms with Gasteiger partial charge in [0, 0.05) is 41.1 Å². The number of nitrogens with one attached hydrogen (secondary N) is 1. The van der Waals surface area contributed by atoms with Gasteiger partial charge in [0.25, 0.3) is 0 Å². The van der Waals surface area contributed by atoms with Crippen molar-refractivity contribution >= 4 is 21.7 Å². The Morgan fingerprint density at radius 2 is 2.03 bits per heavy atom. The third-order valence-electron chi connectivity index (χ3n) is 4.89. The second kappa shape index (κ2) is 9.86. The topological polar surface area (TPSA) is 118 Å². The van der Waals surface area contributed by atoms with Crippen LogP contribution in [-0.4, -0.2) is 25.0 Å². The molecular formula is C23H18BrFN6O3. The molecule has 0 aliphatic heterocycles. The minimum Gasteiger partial charge on any atom is -0.482 e. The van der Waals surface area contributed by atoms with Gasteiger partial charge in [-0.2, -0.15) is 5.26 Å². The molecule has 0 amide bonds. The molecule has 34 heavy (non-hydrogen) atoms. The van der Waals surface area contributed by atoms with Gasteiger partial charge in [-0.15, -0.1) is 5.10 Å². The van der Waals surface area contributed by atoms with Gasteiger partial charge in [0.1, 0.15) is 29.4 Å². The highest BCUT2D eigenvalue weighted by molar-refractivity contribution is 9.10. The Hall–Kier alpha value is -4.01. The zero-order chi connectivity index (χ0) is 24.2. The summed E-state index contributed by atoms with van der Waals surface area (Å²) in [7, 11) is 1.64. The highest BCUT2D eigenvalue weighted by Gasteiger charge is 2.21. The number of anilines is 1. The van der Waals surface area contributed by atoms with Crippen molar-refractivity contribution in [3.63, 3.8) is 0 Å². The van der Waals surface area contributed by atoms with Gasteiger partial charge in [0.05, 0.1) is 0 Å². The Labute approximate surface area is 202 Å². The molecular weight excluding hydrogens is 507 g/mol. The summed E-state index contributed by atoms with van der Waals surface area (Å²) in [6, 6.07) is 12.8. The van der Waals surface area contributed by atoms with E-state index in [1.807, 2.05) is 11.5 Å². The maximum Gasteiger partial charge on any atom is 0.239 e. The van der Waals surface area contributed by atoms with Gasteiger partial charge in [0.15, 0.2) is 17.3 Å². The maximum absolute atomic E-state index is 14.3. The molecule has 0 saturated carbocycles. The van der Waals surface area contributed by atoms with Crippen LogP contribution in [0.25, 0.3) is 11.3 Å². The number of ether oxygens (including phenoxy) is 2. The van der Waals surface area contributed by atoms with Crippen molar-refractivity contribution in [3.05, 3.63) is 76.4 Å². The summed E-state index contributed by atoms with van der Waals surface area (Å²) >= 11 is 3.32. The van der Waals surface area contributed by atoms with E-state index in [0.29, 0.717) is 32.7 Å². The van der Waals surface area contributed by atoms with Gasteiger partial charge < -0.3 is 9.47 Å². The van der Waals surface area contributed by atoms with Crippen LogP contribution in [0.5, 0.6) is 17.4 Å². The number of hydrogen-bond donors (Lipinski definition) is 2. The second-order valence-corrected chi connectivity index (χ2v) is 8.07. The standard InChI is InChI=1S/C23H18BrFN6O3/c1-13(33-20-8-14(24)12-28-23(20)30-32)18-9-15(25)5-6-17(18)22-19(4-3-7-27-22)34-21-10-16(11-26)31(2)29-21/h3-10,12-13,32H,1-2H3,(H,28,30)/t13-/m1/s1. The van der Waals surface area contributed by atoms with E-state index in [0.717, 1.165) is 0 Å². The van der Waals surface area contributed by atoms with Gasteiger partial charge in [-0.05, 0) is 59.3 Å². The fourth-order valence-corrected chi connectivity index (χ4v) is 3.63. The van der Waals surface area contributed by atoms with Crippen LogP contribution in [-0.2, 0) is 7.05 Å². The first-order valence-corrected chi connectivity index (χ1v) is 10.8. The number of aromatic nitrogens is 4.